The predicted octanol–water partition coefficient (Wildman–Crippen LogP) is 2.45. The molecule has 0 bridgehead atoms. The molecule has 0 aromatic rings. The Morgan fingerprint density at radius 1 is 1.25 bits per heavy atom. The summed E-state index contributed by atoms with van der Waals surface area (Å²) in [7, 11) is 0. The van der Waals surface area contributed by atoms with Crippen molar-refractivity contribution in [2.75, 3.05) is 6.61 Å². The third-order valence-electron chi connectivity index (χ3n) is 2.10. The van der Waals surface area contributed by atoms with Crippen molar-refractivity contribution in [1.82, 2.24) is 0 Å². The molecule has 0 rings (SSSR count). The smallest absolute Gasteiger partial charge is 0.306 e. The molecule has 0 aliphatic carbocycles. The molecule has 0 aliphatic rings. The lowest BCUT2D eigenvalue weighted by atomic mass is 10.2. The highest BCUT2D eigenvalue weighted by Crippen LogP contribution is 2.06. The summed E-state index contributed by atoms with van der Waals surface area (Å²) in [4.78, 5) is 21.6. The van der Waals surface area contributed by atoms with Gasteiger partial charge in [-0.3, -0.25) is 9.59 Å². The number of ether oxygens (including phenoxy) is 2. The van der Waals surface area contributed by atoms with Crippen molar-refractivity contribution in [3.63, 3.8) is 0 Å². The van der Waals surface area contributed by atoms with E-state index in [-0.39, 0.29) is 18.0 Å². The van der Waals surface area contributed by atoms with Crippen LogP contribution in [0.4, 0.5) is 0 Å². The number of rotatable bonds is 8. The zero-order valence-electron chi connectivity index (χ0n) is 10.5. The second-order valence-electron chi connectivity index (χ2n) is 3.89. The van der Waals surface area contributed by atoms with Gasteiger partial charge in [0.05, 0.1) is 12.7 Å². The van der Waals surface area contributed by atoms with Crippen molar-refractivity contribution >= 4 is 11.9 Å². The molecule has 0 saturated heterocycles. The second-order valence-corrected chi connectivity index (χ2v) is 3.89. The Hall–Kier alpha value is -1.06. The fraction of sp³-hybridized carbons (Fsp3) is 0.833. The average molecular weight is 230 g/mol. The molecule has 0 aromatic heterocycles. The van der Waals surface area contributed by atoms with Crippen LogP contribution >= 0.6 is 0 Å². The second kappa shape index (κ2) is 9.19. The Morgan fingerprint density at radius 2 is 1.94 bits per heavy atom. The SMILES string of the molecule is CCCC(=O)O[C@H](C)CCCCOC(C)=O. The minimum absolute atomic E-state index is 0.0450. The fourth-order valence-corrected chi connectivity index (χ4v) is 1.30. The molecule has 0 heterocycles. The Labute approximate surface area is 97.3 Å². The van der Waals surface area contributed by atoms with Crippen molar-refractivity contribution in [2.24, 2.45) is 0 Å². The maximum atomic E-state index is 11.1. The number of unbranched alkanes of at least 4 members (excludes halogenated alkanes) is 1. The van der Waals surface area contributed by atoms with Crippen LogP contribution in [0.25, 0.3) is 0 Å². The van der Waals surface area contributed by atoms with E-state index in [0.717, 1.165) is 25.7 Å². The minimum Gasteiger partial charge on any atom is -0.466 e. The molecule has 0 radical (unpaired) electrons. The maximum Gasteiger partial charge on any atom is 0.306 e. The number of esters is 2. The van der Waals surface area contributed by atoms with Gasteiger partial charge >= 0.3 is 11.9 Å². The van der Waals surface area contributed by atoms with E-state index in [0.29, 0.717) is 13.0 Å². The topological polar surface area (TPSA) is 52.6 Å². The summed E-state index contributed by atoms with van der Waals surface area (Å²) in [6.07, 6.45) is 3.78. The zero-order chi connectivity index (χ0) is 12.4. The summed E-state index contributed by atoms with van der Waals surface area (Å²) >= 11 is 0. The first-order valence-corrected chi connectivity index (χ1v) is 5.89. The molecule has 0 aliphatic heterocycles. The summed E-state index contributed by atoms with van der Waals surface area (Å²) < 4.78 is 9.97. The van der Waals surface area contributed by atoms with Gasteiger partial charge in [-0.05, 0) is 32.6 Å². The maximum absolute atomic E-state index is 11.1. The number of carbonyl (C=O) groups is 2. The average Bonchev–Trinajstić information content (AvgIpc) is 2.16. The Bertz CT molecular complexity index is 213. The van der Waals surface area contributed by atoms with E-state index in [2.05, 4.69) is 0 Å². The lowest BCUT2D eigenvalue weighted by molar-refractivity contribution is -0.148. The highest BCUT2D eigenvalue weighted by Gasteiger charge is 2.07. The van der Waals surface area contributed by atoms with E-state index in [4.69, 9.17) is 9.47 Å². The Morgan fingerprint density at radius 3 is 2.50 bits per heavy atom. The number of hydrogen-bond donors (Lipinski definition) is 0. The lowest BCUT2D eigenvalue weighted by Crippen LogP contribution is -2.14. The van der Waals surface area contributed by atoms with Crippen LogP contribution in [-0.2, 0) is 19.1 Å². The minimum atomic E-state index is -0.248. The summed E-state index contributed by atoms with van der Waals surface area (Å²) in [6.45, 7) is 5.69. The van der Waals surface area contributed by atoms with Crippen molar-refractivity contribution in [2.45, 2.75) is 59.0 Å². The molecule has 94 valence electrons. The van der Waals surface area contributed by atoms with Gasteiger partial charge in [0.1, 0.15) is 0 Å². The molecule has 4 heteroatoms. The van der Waals surface area contributed by atoms with Crippen molar-refractivity contribution in [3.05, 3.63) is 0 Å². The van der Waals surface area contributed by atoms with Crippen molar-refractivity contribution in [1.29, 1.82) is 0 Å². The Balaban J connectivity index is 3.39. The molecule has 4 nitrogen and oxygen atoms in total. The van der Waals surface area contributed by atoms with E-state index in [1.165, 1.54) is 6.92 Å². The number of hydrogen-bond acceptors (Lipinski definition) is 4. The molecule has 16 heavy (non-hydrogen) atoms. The summed E-state index contributed by atoms with van der Waals surface area (Å²) in [5.41, 5.74) is 0. The third-order valence-corrected chi connectivity index (χ3v) is 2.10. The van der Waals surface area contributed by atoms with Crippen LogP contribution in [-0.4, -0.2) is 24.6 Å². The molecule has 0 saturated carbocycles. The molecular formula is C12H22O4. The first-order chi connectivity index (χ1) is 7.56. The molecule has 0 unspecified atom stereocenters. The molecule has 0 aromatic carbocycles. The van der Waals surface area contributed by atoms with Crippen LogP contribution in [0.1, 0.15) is 52.9 Å². The van der Waals surface area contributed by atoms with E-state index >= 15 is 0 Å². The molecule has 0 N–H and O–H groups in total. The Kier molecular flexibility index (Phi) is 8.58. The van der Waals surface area contributed by atoms with Crippen molar-refractivity contribution in [3.8, 4) is 0 Å². The molecule has 0 amide bonds. The van der Waals surface area contributed by atoms with Gasteiger partial charge in [-0.1, -0.05) is 6.92 Å². The predicted molar refractivity (Wildman–Crippen MR) is 60.9 cm³/mol. The van der Waals surface area contributed by atoms with Gasteiger partial charge in [0, 0.05) is 13.3 Å². The molecule has 1 atom stereocenters. The molecule has 0 fully saturated rings. The van der Waals surface area contributed by atoms with Gasteiger partial charge in [-0.15, -0.1) is 0 Å². The fourth-order valence-electron chi connectivity index (χ4n) is 1.30. The van der Waals surface area contributed by atoms with Gasteiger partial charge in [-0.25, -0.2) is 0 Å². The van der Waals surface area contributed by atoms with E-state index < -0.39 is 0 Å². The third kappa shape index (κ3) is 9.49. The van der Waals surface area contributed by atoms with Crippen LogP contribution < -0.4 is 0 Å². The van der Waals surface area contributed by atoms with Gasteiger partial charge in [0.2, 0.25) is 0 Å². The first-order valence-electron chi connectivity index (χ1n) is 5.89. The van der Waals surface area contributed by atoms with Gasteiger partial charge in [0.25, 0.3) is 0 Å². The van der Waals surface area contributed by atoms with Gasteiger partial charge in [-0.2, -0.15) is 0 Å². The highest BCUT2D eigenvalue weighted by atomic mass is 16.5. The summed E-state index contributed by atoms with van der Waals surface area (Å²) in [5.74, 6) is -0.377. The van der Waals surface area contributed by atoms with Crippen LogP contribution in [0.2, 0.25) is 0 Å². The van der Waals surface area contributed by atoms with Gasteiger partial charge in [0.15, 0.2) is 0 Å². The monoisotopic (exact) mass is 230 g/mol. The quantitative estimate of drug-likeness (QED) is 0.475. The first kappa shape index (κ1) is 14.9. The summed E-state index contributed by atoms with van der Waals surface area (Å²) in [5, 5.41) is 0. The largest absolute Gasteiger partial charge is 0.466 e. The lowest BCUT2D eigenvalue weighted by Gasteiger charge is -2.12. The molecular weight excluding hydrogens is 208 g/mol. The van der Waals surface area contributed by atoms with Crippen molar-refractivity contribution < 1.29 is 19.1 Å². The van der Waals surface area contributed by atoms with E-state index in [1.54, 1.807) is 0 Å². The van der Waals surface area contributed by atoms with E-state index in [1.807, 2.05) is 13.8 Å². The van der Waals surface area contributed by atoms with Crippen LogP contribution in [0, 0.1) is 0 Å². The van der Waals surface area contributed by atoms with Crippen LogP contribution in [0.5, 0.6) is 0 Å². The standard InChI is InChI=1S/C12H22O4/c1-4-7-12(14)16-10(2)8-5-6-9-15-11(3)13/h10H,4-9H2,1-3H3/t10-/m1/s1. The van der Waals surface area contributed by atoms with Crippen LogP contribution in [0.3, 0.4) is 0 Å². The highest BCUT2D eigenvalue weighted by molar-refractivity contribution is 5.69. The van der Waals surface area contributed by atoms with E-state index in [9.17, 15) is 9.59 Å². The number of carbonyl (C=O) groups excluding carboxylic acids is 2. The molecule has 0 spiro atoms. The van der Waals surface area contributed by atoms with Gasteiger partial charge < -0.3 is 9.47 Å². The normalized spacial score (nSPS) is 11.9. The summed E-state index contributed by atoms with van der Waals surface area (Å²) in [6, 6.07) is 0. The van der Waals surface area contributed by atoms with Crippen LogP contribution in [0.15, 0.2) is 0 Å². The zero-order valence-corrected chi connectivity index (χ0v) is 10.5.